The van der Waals surface area contributed by atoms with Crippen molar-refractivity contribution in [2.75, 3.05) is 11.5 Å². The number of carboxylic acid groups (broad SMARTS) is 1. The monoisotopic (exact) mass is 229 g/mol. The lowest BCUT2D eigenvalue weighted by molar-refractivity contribution is -0.139. The first kappa shape index (κ1) is 10.4. The first-order valence-electron chi connectivity index (χ1n) is 4.54. The predicted octanol–water partition coefficient (Wildman–Crippen LogP) is 0.126. The van der Waals surface area contributed by atoms with Crippen LogP contribution in [-0.4, -0.2) is 32.8 Å². The molecule has 15 heavy (non-hydrogen) atoms. The Kier molecular flexibility index (Phi) is 2.88. The Morgan fingerprint density at radius 1 is 1.60 bits per heavy atom. The van der Waals surface area contributed by atoms with Gasteiger partial charge in [0.25, 0.3) is 0 Å². The van der Waals surface area contributed by atoms with Gasteiger partial charge < -0.3 is 9.52 Å². The Bertz CT molecular complexity index is 375. The van der Waals surface area contributed by atoms with Crippen LogP contribution in [-0.2, 0) is 15.6 Å². The molecule has 0 amide bonds. The minimum atomic E-state index is -1.11. The van der Waals surface area contributed by atoms with Gasteiger partial charge in [-0.1, -0.05) is 0 Å². The number of nitrogens with one attached hydrogen (secondary N) is 1. The zero-order valence-electron chi connectivity index (χ0n) is 7.88. The Labute approximate surface area is 88.9 Å². The lowest BCUT2D eigenvalue weighted by Crippen LogP contribution is -2.49. The molecule has 1 fully saturated rings. The zero-order chi connectivity index (χ0) is 10.8. The van der Waals surface area contributed by atoms with Gasteiger partial charge in [0.05, 0.1) is 12.3 Å². The molecular formula is C9H11NO4S. The van der Waals surface area contributed by atoms with Crippen molar-refractivity contribution in [3.8, 4) is 0 Å². The van der Waals surface area contributed by atoms with E-state index in [0.29, 0.717) is 11.5 Å². The maximum Gasteiger partial charge on any atom is 0.321 e. The normalized spacial score (nSPS) is 31.3. The Morgan fingerprint density at radius 3 is 3.00 bits per heavy atom. The second-order valence-electron chi connectivity index (χ2n) is 3.40. The quantitative estimate of drug-likeness (QED) is 0.753. The van der Waals surface area contributed by atoms with Crippen molar-refractivity contribution in [2.24, 2.45) is 0 Å². The fourth-order valence-corrected chi connectivity index (χ4v) is 2.95. The van der Waals surface area contributed by atoms with Crippen LogP contribution in [0.25, 0.3) is 0 Å². The number of rotatable bonds is 2. The van der Waals surface area contributed by atoms with Crippen LogP contribution in [0.5, 0.6) is 0 Å². The molecule has 0 spiro atoms. The van der Waals surface area contributed by atoms with Gasteiger partial charge in [0, 0.05) is 22.3 Å². The average Bonchev–Trinajstić information content (AvgIpc) is 2.69. The summed E-state index contributed by atoms with van der Waals surface area (Å²) < 4.78 is 16.6. The van der Waals surface area contributed by atoms with E-state index in [-0.39, 0.29) is 11.8 Å². The molecular weight excluding hydrogens is 218 g/mol. The smallest absolute Gasteiger partial charge is 0.321 e. The molecule has 1 aliphatic heterocycles. The molecule has 2 heterocycles. The topological polar surface area (TPSA) is 79.5 Å². The lowest BCUT2D eigenvalue weighted by Gasteiger charge is -2.26. The summed E-state index contributed by atoms with van der Waals surface area (Å²) >= 11 is 0. The summed E-state index contributed by atoms with van der Waals surface area (Å²) in [6.45, 7) is 0. The van der Waals surface area contributed by atoms with E-state index in [0.717, 1.165) is 0 Å². The molecule has 0 bridgehead atoms. The molecule has 3 atom stereocenters. The van der Waals surface area contributed by atoms with Crippen molar-refractivity contribution in [1.29, 1.82) is 0 Å². The third-order valence-electron chi connectivity index (χ3n) is 2.29. The van der Waals surface area contributed by atoms with E-state index in [4.69, 9.17) is 9.52 Å². The fourth-order valence-electron chi connectivity index (χ4n) is 1.58. The molecule has 82 valence electrons. The number of hydrogen-bond acceptors (Lipinski definition) is 4. The highest BCUT2D eigenvalue weighted by atomic mass is 32.2. The van der Waals surface area contributed by atoms with Crippen LogP contribution in [0.15, 0.2) is 22.8 Å². The zero-order valence-corrected chi connectivity index (χ0v) is 8.70. The third-order valence-corrected chi connectivity index (χ3v) is 3.70. The number of carboxylic acids is 1. The molecule has 3 unspecified atom stereocenters. The Balaban J connectivity index is 2.14. The SMILES string of the molecule is O=C(O)C1CS(=O)CC(c2ccco2)N1. The fraction of sp³-hybridized carbons (Fsp3) is 0.444. The second kappa shape index (κ2) is 4.16. The van der Waals surface area contributed by atoms with Gasteiger partial charge in [0.15, 0.2) is 0 Å². The van der Waals surface area contributed by atoms with Gasteiger partial charge >= 0.3 is 5.97 Å². The molecule has 0 radical (unpaired) electrons. The van der Waals surface area contributed by atoms with E-state index in [1.165, 1.54) is 6.26 Å². The third kappa shape index (κ3) is 2.27. The minimum absolute atomic E-state index is 0.159. The Morgan fingerprint density at radius 2 is 2.40 bits per heavy atom. The Hall–Kier alpha value is -1.14. The standard InChI is InChI=1S/C9H11NO4S/c11-9(12)7-5-15(13)4-6(10-7)8-2-1-3-14-8/h1-3,6-7,10H,4-5H2,(H,11,12). The van der Waals surface area contributed by atoms with Crippen LogP contribution in [0.2, 0.25) is 0 Å². The maximum absolute atomic E-state index is 11.4. The van der Waals surface area contributed by atoms with Crippen LogP contribution in [0, 0.1) is 0 Å². The second-order valence-corrected chi connectivity index (χ2v) is 4.94. The van der Waals surface area contributed by atoms with Gasteiger partial charge in [0.2, 0.25) is 0 Å². The summed E-state index contributed by atoms with van der Waals surface area (Å²) in [5.74, 6) is 0.220. The van der Waals surface area contributed by atoms with Crippen molar-refractivity contribution in [3.05, 3.63) is 24.2 Å². The summed E-state index contributed by atoms with van der Waals surface area (Å²) in [6.07, 6.45) is 1.52. The first-order valence-corrected chi connectivity index (χ1v) is 6.03. The van der Waals surface area contributed by atoms with E-state index >= 15 is 0 Å². The maximum atomic E-state index is 11.4. The summed E-state index contributed by atoms with van der Waals surface area (Å²) in [5, 5.41) is 11.7. The molecule has 6 heteroatoms. The number of furan rings is 1. The van der Waals surface area contributed by atoms with Crippen molar-refractivity contribution >= 4 is 16.8 Å². The molecule has 0 aromatic carbocycles. The summed E-state index contributed by atoms with van der Waals surface area (Å²) in [4.78, 5) is 10.8. The average molecular weight is 229 g/mol. The molecule has 5 nitrogen and oxygen atoms in total. The van der Waals surface area contributed by atoms with Gasteiger partial charge in [-0.15, -0.1) is 0 Å². The van der Waals surface area contributed by atoms with Crippen LogP contribution in [0.1, 0.15) is 11.8 Å². The lowest BCUT2D eigenvalue weighted by atomic mass is 10.2. The van der Waals surface area contributed by atoms with E-state index in [2.05, 4.69) is 5.32 Å². The van der Waals surface area contributed by atoms with Crippen molar-refractivity contribution < 1.29 is 18.5 Å². The predicted molar refractivity (Wildman–Crippen MR) is 53.9 cm³/mol. The van der Waals surface area contributed by atoms with Crippen LogP contribution < -0.4 is 5.32 Å². The number of aliphatic carboxylic acids is 1. The highest BCUT2D eigenvalue weighted by Gasteiger charge is 2.32. The van der Waals surface area contributed by atoms with E-state index in [1.807, 2.05) is 0 Å². The molecule has 0 saturated carbocycles. The summed E-state index contributed by atoms with van der Waals surface area (Å²) in [6, 6.07) is 2.45. The summed E-state index contributed by atoms with van der Waals surface area (Å²) in [5.41, 5.74) is 0. The first-order chi connectivity index (χ1) is 7.16. The largest absolute Gasteiger partial charge is 0.480 e. The van der Waals surface area contributed by atoms with Crippen molar-refractivity contribution in [1.82, 2.24) is 5.32 Å². The molecule has 1 aromatic heterocycles. The van der Waals surface area contributed by atoms with Gasteiger partial charge in [-0.2, -0.15) is 0 Å². The number of hydrogen-bond donors (Lipinski definition) is 2. The van der Waals surface area contributed by atoms with E-state index in [1.54, 1.807) is 12.1 Å². The van der Waals surface area contributed by atoms with Gasteiger partial charge in [-0.3, -0.25) is 14.3 Å². The number of carbonyl (C=O) groups is 1. The van der Waals surface area contributed by atoms with Crippen LogP contribution >= 0.6 is 0 Å². The van der Waals surface area contributed by atoms with Gasteiger partial charge in [-0.05, 0) is 12.1 Å². The van der Waals surface area contributed by atoms with Gasteiger partial charge in [0.1, 0.15) is 11.8 Å². The molecule has 1 aromatic rings. The molecule has 2 rings (SSSR count). The summed E-state index contributed by atoms with van der Waals surface area (Å²) in [7, 11) is -1.11. The van der Waals surface area contributed by atoms with Crippen molar-refractivity contribution in [3.63, 3.8) is 0 Å². The molecule has 1 aliphatic rings. The molecule has 1 saturated heterocycles. The minimum Gasteiger partial charge on any atom is -0.480 e. The molecule has 2 N–H and O–H groups in total. The highest BCUT2D eigenvalue weighted by molar-refractivity contribution is 7.85. The van der Waals surface area contributed by atoms with Crippen LogP contribution in [0.3, 0.4) is 0 Å². The van der Waals surface area contributed by atoms with Crippen molar-refractivity contribution in [2.45, 2.75) is 12.1 Å². The van der Waals surface area contributed by atoms with Crippen LogP contribution in [0.4, 0.5) is 0 Å². The molecule has 0 aliphatic carbocycles. The van der Waals surface area contributed by atoms with Gasteiger partial charge in [-0.25, -0.2) is 0 Å². The highest BCUT2D eigenvalue weighted by Crippen LogP contribution is 2.19. The van der Waals surface area contributed by atoms with E-state index in [9.17, 15) is 9.00 Å². The van der Waals surface area contributed by atoms with E-state index < -0.39 is 22.8 Å².